The van der Waals surface area contributed by atoms with E-state index in [-0.39, 0.29) is 11.9 Å². The molecule has 2 atom stereocenters. The molecule has 1 aromatic rings. The summed E-state index contributed by atoms with van der Waals surface area (Å²) in [6.07, 6.45) is 2.27. The SMILES string of the molecule is COc1ccc(CNC(=O)[C@H]2NCCC[C@H]2C)cc1. The molecule has 0 radical (unpaired) electrons. The van der Waals surface area contributed by atoms with Gasteiger partial charge in [-0.15, -0.1) is 0 Å². The van der Waals surface area contributed by atoms with Gasteiger partial charge in [0.15, 0.2) is 0 Å². The van der Waals surface area contributed by atoms with E-state index in [0.29, 0.717) is 12.5 Å². The molecule has 1 aliphatic heterocycles. The number of carbonyl (C=O) groups is 1. The van der Waals surface area contributed by atoms with Crippen LogP contribution in [-0.4, -0.2) is 25.6 Å². The number of nitrogens with one attached hydrogen (secondary N) is 2. The van der Waals surface area contributed by atoms with Gasteiger partial charge in [-0.1, -0.05) is 19.1 Å². The molecule has 0 saturated carbocycles. The number of methoxy groups -OCH3 is 1. The maximum absolute atomic E-state index is 12.1. The van der Waals surface area contributed by atoms with E-state index in [2.05, 4.69) is 17.6 Å². The maximum Gasteiger partial charge on any atom is 0.237 e. The van der Waals surface area contributed by atoms with Crippen LogP contribution in [0.15, 0.2) is 24.3 Å². The molecule has 0 aromatic heterocycles. The van der Waals surface area contributed by atoms with Gasteiger partial charge in [-0.25, -0.2) is 0 Å². The molecule has 1 saturated heterocycles. The van der Waals surface area contributed by atoms with E-state index in [4.69, 9.17) is 4.74 Å². The Morgan fingerprint density at radius 3 is 2.79 bits per heavy atom. The van der Waals surface area contributed by atoms with E-state index in [1.54, 1.807) is 7.11 Å². The highest BCUT2D eigenvalue weighted by Gasteiger charge is 2.26. The minimum absolute atomic E-state index is 0.0491. The highest BCUT2D eigenvalue weighted by molar-refractivity contribution is 5.82. The van der Waals surface area contributed by atoms with E-state index in [0.717, 1.165) is 30.7 Å². The van der Waals surface area contributed by atoms with Crippen molar-refractivity contribution in [3.63, 3.8) is 0 Å². The lowest BCUT2D eigenvalue weighted by molar-refractivity contribution is -0.125. The molecule has 19 heavy (non-hydrogen) atoms. The Bertz CT molecular complexity index is 417. The summed E-state index contributed by atoms with van der Waals surface area (Å²) in [6.45, 7) is 3.63. The molecule has 1 fully saturated rings. The molecular weight excluding hydrogens is 240 g/mol. The molecule has 1 heterocycles. The van der Waals surface area contributed by atoms with Crippen LogP contribution in [0.5, 0.6) is 5.75 Å². The van der Waals surface area contributed by atoms with E-state index in [1.807, 2.05) is 24.3 Å². The lowest BCUT2D eigenvalue weighted by Crippen LogP contribution is -2.50. The van der Waals surface area contributed by atoms with E-state index >= 15 is 0 Å². The molecule has 2 N–H and O–H groups in total. The smallest absolute Gasteiger partial charge is 0.237 e. The normalized spacial score (nSPS) is 22.8. The zero-order valence-corrected chi connectivity index (χ0v) is 11.6. The Balaban J connectivity index is 1.85. The molecule has 104 valence electrons. The molecular formula is C15H22N2O2. The van der Waals surface area contributed by atoms with E-state index in [9.17, 15) is 4.79 Å². The van der Waals surface area contributed by atoms with Crippen molar-refractivity contribution >= 4 is 5.91 Å². The molecule has 4 heteroatoms. The fraction of sp³-hybridized carbons (Fsp3) is 0.533. The first-order valence-electron chi connectivity index (χ1n) is 6.84. The van der Waals surface area contributed by atoms with Crippen LogP contribution in [0.25, 0.3) is 0 Å². The summed E-state index contributed by atoms with van der Waals surface area (Å²) in [7, 11) is 1.65. The highest BCUT2D eigenvalue weighted by Crippen LogP contribution is 2.16. The lowest BCUT2D eigenvalue weighted by atomic mass is 9.92. The van der Waals surface area contributed by atoms with Gasteiger partial charge in [-0.2, -0.15) is 0 Å². The monoisotopic (exact) mass is 262 g/mol. The van der Waals surface area contributed by atoms with Gasteiger partial charge in [0, 0.05) is 6.54 Å². The minimum atomic E-state index is -0.0491. The Morgan fingerprint density at radius 2 is 2.16 bits per heavy atom. The quantitative estimate of drug-likeness (QED) is 0.868. The summed E-state index contributed by atoms with van der Waals surface area (Å²) in [5.74, 6) is 1.34. The molecule has 0 spiro atoms. The second-order valence-corrected chi connectivity index (χ2v) is 5.12. The molecule has 0 aliphatic carbocycles. The molecule has 0 unspecified atom stereocenters. The number of benzene rings is 1. The first-order chi connectivity index (χ1) is 9.20. The molecule has 2 rings (SSSR count). The predicted octanol–water partition coefficient (Wildman–Crippen LogP) is 1.70. The Labute approximate surface area is 114 Å². The number of hydrogen-bond acceptors (Lipinski definition) is 3. The lowest BCUT2D eigenvalue weighted by Gasteiger charge is -2.28. The summed E-state index contributed by atoms with van der Waals surface area (Å²) >= 11 is 0. The zero-order chi connectivity index (χ0) is 13.7. The number of carbonyl (C=O) groups excluding carboxylic acids is 1. The van der Waals surface area contributed by atoms with Crippen LogP contribution in [0.3, 0.4) is 0 Å². The summed E-state index contributed by atoms with van der Waals surface area (Å²) in [4.78, 5) is 12.1. The molecule has 1 aliphatic rings. The Kier molecular flexibility index (Phi) is 4.80. The van der Waals surface area contributed by atoms with Crippen LogP contribution in [0.2, 0.25) is 0 Å². The van der Waals surface area contributed by atoms with Crippen molar-refractivity contribution < 1.29 is 9.53 Å². The van der Waals surface area contributed by atoms with Gasteiger partial charge in [0.05, 0.1) is 13.2 Å². The number of rotatable bonds is 4. The van der Waals surface area contributed by atoms with Crippen molar-refractivity contribution in [1.29, 1.82) is 0 Å². The van der Waals surface area contributed by atoms with Gasteiger partial charge < -0.3 is 15.4 Å². The number of amides is 1. The van der Waals surface area contributed by atoms with Gasteiger partial charge >= 0.3 is 0 Å². The maximum atomic E-state index is 12.1. The minimum Gasteiger partial charge on any atom is -0.497 e. The number of hydrogen-bond donors (Lipinski definition) is 2. The summed E-state index contributed by atoms with van der Waals surface area (Å²) < 4.78 is 5.11. The van der Waals surface area contributed by atoms with Crippen molar-refractivity contribution in [3.8, 4) is 5.75 Å². The van der Waals surface area contributed by atoms with Crippen molar-refractivity contribution in [2.75, 3.05) is 13.7 Å². The van der Waals surface area contributed by atoms with Crippen molar-refractivity contribution in [2.45, 2.75) is 32.4 Å². The Morgan fingerprint density at radius 1 is 1.42 bits per heavy atom. The molecule has 1 aromatic carbocycles. The van der Waals surface area contributed by atoms with E-state index < -0.39 is 0 Å². The van der Waals surface area contributed by atoms with Crippen molar-refractivity contribution in [2.24, 2.45) is 5.92 Å². The molecule has 0 bridgehead atoms. The highest BCUT2D eigenvalue weighted by atomic mass is 16.5. The second kappa shape index (κ2) is 6.57. The fourth-order valence-corrected chi connectivity index (χ4v) is 2.44. The van der Waals surface area contributed by atoms with Gasteiger partial charge in [0.2, 0.25) is 5.91 Å². The summed E-state index contributed by atoms with van der Waals surface area (Å²) in [6, 6.07) is 7.70. The van der Waals surface area contributed by atoms with Crippen molar-refractivity contribution in [1.82, 2.24) is 10.6 Å². The third-order valence-electron chi connectivity index (χ3n) is 3.68. The van der Waals surface area contributed by atoms with E-state index in [1.165, 1.54) is 0 Å². The topological polar surface area (TPSA) is 50.4 Å². The summed E-state index contributed by atoms with van der Waals surface area (Å²) in [5, 5.41) is 6.29. The molecule has 4 nitrogen and oxygen atoms in total. The standard InChI is InChI=1S/C15H22N2O2/c1-11-4-3-9-16-14(11)15(18)17-10-12-5-7-13(19-2)8-6-12/h5-8,11,14,16H,3-4,9-10H2,1-2H3,(H,17,18)/t11-,14+/m1/s1. The average molecular weight is 262 g/mol. The van der Waals surface area contributed by atoms with Gasteiger partial charge in [-0.3, -0.25) is 4.79 Å². The Hall–Kier alpha value is -1.55. The van der Waals surface area contributed by atoms with Crippen LogP contribution >= 0.6 is 0 Å². The van der Waals surface area contributed by atoms with Crippen LogP contribution in [-0.2, 0) is 11.3 Å². The first kappa shape index (κ1) is 13.9. The first-order valence-corrected chi connectivity index (χ1v) is 6.84. The van der Waals surface area contributed by atoms with Crippen LogP contribution < -0.4 is 15.4 Å². The third kappa shape index (κ3) is 3.70. The van der Waals surface area contributed by atoms with Gasteiger partial charge in [-0.05, 0) is 43.0 Å². The van der Waals surface area contributed by atoms with Gasteiger partial charge in [0.1, 0.15) is 5.75 Å². The second-order valence-electron chi connectivity index (χ2n) is 5.12. The van der Waals surface area contributed by atoms with Crippen molar-refractivity contribution in [3.05, 3.63) is 29.8 Å². The van der Waals surface area contributed by atoms with Gasteiger partial charge in [0.25, 0.3) is 0 Å². The summed E-state index contributed by atoms with van der Waals surface area (Å²) in [5.41, 5.74) is 1.08. The molecule has 1 amide bonds. The van der Waals surface area contributed by atoms with Crippen LogP contribution in [0, 0.1) is 5.92 Å². The number of piperidine rings is 1. The largest absolute Gasteiger partial charge is 0.497 e. The fourth-order valence-electron chi connectivity index (χ4n) is 2.44. The number of ether oxygens (including phenoxy) is 1. The average Bonchev–Trinajstić information content (AvgIpc) is 2.46. The van der Waals surface area contributed by atoms with Crippen LogP contribution in [0.1, 0.15) is 25.3 Å². The third-order valence-corrected chi connectivity index (χ3v) is 3.68. The predicted molar refractivity (Wildman–Crippen MR) is 75.0 cm³/mol. The van der Waals surface area contributed by atoms with Crippen LogP contribution in [0.4, 0.5) is 0 Å². The zero-order valence-electron chi connectivity index (χ0n) is 11.6.